The first kappa shape index (κ1) is 13.0. The molecular weight excluding hydrogens is 184 g/mol. The summed E-state index contributed by atoms with van der Waals surface area (Å²) in [6, 6.07) is 0.839. The smallest absolute Gasteiger partial charge is 0.0109 e. The van der Waals surface area contributed by atoms with Gasteiger partial charge in [0.25, 0.3) is 0 Å². The summed E-state index contributed by atoms with van der Waals surface area (Å²) in [5.41, 5.74) is 6.03. The fraction of sp³-hybridized carbons (Fsp3) is 1.00. The molecule has 90 valence electrons. The van der Waals surface area contributed by atoms with Crippen LogP contribution in [-0.2, 0) is 0 Å². The number of nitrogens with two attached hydrogens (primary N) is 1. The van der Waals surface area contributed by atoms with Gasteiger partial charge in [0.05, 0.1) is 0 Å². The molecule has 0 amide bonds. The Morgan fingerprint density at radius 2 is 1.80 bits per heavy atom. The molecule has 0 atom stereocenters. The van der Waals surface area contributed by atoms with Gasteiger partial charge >= 0.3 is 0 Å². The Bertz CT molecular complexity index is 166. The van der Waals surface area contributed by atoms with Crippen molar-refractivity contribution < 1.29 is 0 Å². The van der Waals surface area contributed by atoms with Crippen molar-refractivity contribution in [1.82, 2.24) is 4.90 Å². The van der Waals surface area contributed by atoms with E-state index in [2.05, 4.69) is 25.7 Å². The second kappa shape index (κ2) is 5.86. The fourth-order valence-electron chi connectivity index (χ4n) is 2.48. The Morgan fingerprint density at radius 1 is 1.20 bits per heavy atom. The van der Waals surface area contributed by atoms with Gasteiger partial charge in [0.2, 0.25) is 0 Å². The summed E-state index contributed by atoms with van der Waals surface area (Å²) in [6.45, 7) is 8.88. The molecule has 0 aromatic carbocycles. The van der Waals surface area contributed by atoms with Crippen molar-refractivity contribution in [1.29, 1.82) is 0 Å². The van der Waals surface area contributed by atoms with E-state index in [0.29, 0.717) is 0 Å². The molecule has 1 aliphatic carbocycles. The van der Waals surface area contributed by atoms with E-state index in [9.17, 15) is 0 Å². The van der Waals surface area contributed by atoms with E-state index >= 15 is 0 Å². The maximum atomic E-state index is 6.04. The molecule has 0 aromatic rings. The minimum absolute atomic E-state index is 0.0118. The summed E-state index contributed by atoms with van der Waals surface area (Å²) in [7, 11) is 0. The SMILES string of the molecule is CCN(CCC(C)(C)N)C1CCCCC1. The first-order valence-electron chi connectivity index (χ1n) is 6.56. The molecule has 0 spiro atoms. The third kappa shape index (κ3) is 4.98. The van der Waals surface area contributed by atoms with Crippen LogP contribution in [0.15, 0.2) is 0 Å². The van der Waals surface area contributed by atoms with Gasteiger partial charge in [0.15, 0.2) is 0 Å². The Labute approximate surface area is 95.2 Å². The molecule has 0 bridgehead atoms. The van der Waals surface area contributed by atoms with E-state index < -0.39 is 0 Å². The minimum atomic E-state index is -0.0118. The number of nitrogens with zero attached hydrogens (tertiary/aromatic N) is 1. The van der Waals surface area contributed by atoms with Crippen LogP contribution in [0.5, 0.6) is 0 Å². The molecule has 1 fully saturated rings. The van der Waals surface area contributed by atoms with Crippen LogP contribution in [0.3, 0.4) is 0 Å². The van der Waals surface area contributed by atoms with Crippen LogP contribution in [-0.4, -0.2) is 29.6 Å². The molecule has 0 radical (unpaired) electrons. The van der Waals surface area contributed by atoms with Gasteiger partial charge in [-0.05, 0) is 39.7 Å². The van der Waals surface area contributed by atoms with E-state index in [1.54, 1.807) is 0 Å². The molecular formula is C13H28N2. The van der Waals surface area contributed by atoms with E-state index in [1.165, 1.54) is 45.2 Å². The van der Waals surface area contributed by atoms with Crippen molar-refractivity contribution in [2.75, 3.05) is 13.1 Å². The summed E-state index contributed by atoms with van der Waals surface area (Å²) in [4.78, 5) is 2.63. The summed E-state index contributed by atoms with van der Waals surface area (Å²) in [6.07, 6.45) is 8.20. The molecule has 0 saturated heterocycles. The van der Waals surface area contributed by atoms with Gasteiger partial charge in [-0.2, -0.15) is 0 Å². The first-order chi connectivity index (χ1) is 7.03. The lowest BCUT2D eigenvalue weighted by atomic mass is 9.93. The number of hydrogen-bond donors (Lipinski definition) is 1. The zero-order valence-electron chi connectivity index (χ0n) is 10.8. The Kier molecular flexibility index (Phi) is 5.07. The lowest BCUT2D eigenvalue weighted by Crippen LogP contribution is -2.42. The van der Waals surface area contributed by atoms with Crippen molar-refractivity contribution in [2.24, 2.45) is 5.73 Å². The lowest BCUT2D eigenvalue weighted by Gasteiger charge is -2.35. The molecule has 2 heteroatoms. The molecule has 0 aromatic heterocycles. The van der Waals surface area contributed by atoms with E-state index in [-0.39, 0.29) is 5.54 Å². The van der Waals surface area contributed by atoms with Gasteiger partial charge in [-0.3, -0.25) is 0 Å². The highest BCUT2D eigenvalue weighted by Gasteiger charge is 2.21. The summed E-state index contributed by atoms with van der Waals surface area (Å²) < 4.78 is 0. The van der Waals surface area contributed by atoms with Crippen LogP contribution >= 0.6 is 0 Å². The zero-order chi connectivity index (χ0) is 11.3. The highest BCUT2D eigenvalue weighted by Crippen LogP contribution is 2.23. The normalized spacial score (nSPS) is 19.8. The van der Waals surface area contributed by atoms with E-state index in [1.807, 2.05) is 0 Å². The van der Waals surface area contributed by atoms with Gasteiger partial charge in [-0.1, -0.05) is 26.2 Å². The Hall–Kier alpha value is -0.0800. The third-order valence-electron chi connectivity index (χ3n) is 3.54. The van der Waals surface area contributed by atoms with Crippen LogP contribution in [0, 0.1) is 0 Å². The maximum Gasteiger partial charge on any atom is 0.0109 e. The predicted molar refractivity (Wildman–Crippen MR) is 67.0 cm³/mol. The number of hydrogen-bond acceptors (Lipinski definition) is 2. The second-order valence-corrected chi connectivity index (χ2v) is 5.66. The minimum Gasteiger partial charge on any atom is -0.326 e. The van der Waals surface area contributed by atoms with Crippen LogP contribution in [0.25, 0.3) is 0 Å². The van der Waals surface area contributed by atoms with Crippen LogP contribution < -0.4 is 5.73 Å². The van der Waals surface area contributed by atoms with Crippen LogP contribution in [0.2, 0.25) is 0 Å². The third-order valence-corrected chi connectivity index (χ3v) is 3.54. The van der Waals surface area contributed by atoms with Crippen molar-refractivity contribution in [3.05, 3.63) is 0 Å². The first-order valence-corrected chi connectivity index (χ1v) is 6.56. The molecule has 1 rings (SSSR count). The molecule has 15 heavy (non-hydrogen) atoms. The van der Waals surface area contributed by atoms with Gasteiger partial charge < -0.3 is 10.6 Å². The molecule has 0 aliphatic heterocycles. The molecule has 0 heterocycles. The lowest BCUT2D eigenvalue weighted by molar-refractivity contribution is 0.153. The Balaban J connectivity index is 2.34. The van der Waals surface area contributed by atoms with Crippen LogP contribution in [0.1, 0.15) is 59.3 Å². The van der Waals surface area contributed by atoms with E-state index in [4.69, 9.17) is 5.73 Å². The monoisotopic (exact) mass is 212 g/mol. The van der Waals surface area contributed by atoms with Crippen LogP contribution in [0.4, 0.5) is 0 Å². The van der Waals surface area contributed by atoms with Gasteiger partial charge in [-0.25, -0.2) is 0 Å². The average Bonchev–Trinajstić information content (AvgIpc) is 2.19. The largest absolute Gasteiger partial charge is 0.326 e. The summed E-state index contributed by atoms with van der Waals surface area (Å²) >= 11 is 0. The topological polar surface area (TPSA) is 29.3 Å². The summed E-state index contributed by atoms with van der Waals surface area (Å²) in [5.74, 6) is 0. The van der Waals surface area contributed by atoms with Crippen molar-refractivity contribution in [2.45, 2.75) is 70.9 Å². The Morgan fingerprint density at radius 3 is 2.27 bits per heavy atom. The second-order valence-electron chi connectivity index (χ2n) is 5.66. The highest BCUT2D eigenvalue weighted by molar-refractivity contribution is 4.79. The average molecular weight is 212 g/mol. The van der Waals surface area contributed by atoms with Gasteiger partial charge in [0.1, 0.15) is 0 Å². The molecule has 2 N–H and O–H groups in total. The van der Waals surface area contributed by atoms with Crippen molar-refractivity contribution in [3.8, 4) is 0 Å². The van der Waals surface area contributed by atoms with Gasteiger partial charge in [-0.15, -0.1) is 0 Å². The highest BCUT2D eigenvalue weighted by atomic mass is 15.1. The predicted octanol–water partition coefficient (Wildman–Crippen LogP) is 2.77. The quantitative estimate of drug-likeness (QED) is 0.759. The summed E-state index contributed by atoms with van der Waals surface area (Å²) in [5, 5.41) is 0. The van der Waals surface area contributed by atoms with Crippen molar-refractivity contribution in [3.63, 3.8) is 0 Å². The zero-order valence-corrected chi connectivity index (χ0v) is 10.8. The van der Waals surface area contributed by atoms with Crippen molar-refractivity contribution >= 4 is 0 Å². The van der Waals surface area contributed by atoms with Gasteiger partial charge in [0, 0.05) is 18.1 Å². The molecule has 0 unspecified atom stereocenters. The molecule has 2 nitrogen and oxygen atoms in total. The molecule has 1 aliphatic rings. The fourth-order valence-corrected chi connectivity index (χ4v) is 2.48. The standard InChI is InChI=1S/C13H28N2/c1-4-15(11-10-13(2,3)14)12-8-6-5-7-9-12/h12H,4-11,14H2,1-3H3. The maximum absolute atomic E-state index is 6.04. The number of rotatable bonds is 5. The molecule has 1 saturated carbocycles. The van der Waals surface area contributed by atoms with E-state index in [0.717, 1.165) is 12.5 Å².